The van der Waals surface area contributed by atoms with Crippen LogP contribution in [0, 0.1) is 10.8 Å². The van der Waals surface area contributed by atoms with Crippen molar-refractivity contribution in [1.82, 2.24) is 0 Å². The van der Waals surface area contributed by atoms with Crippen molar-refractivity contribution in [2.45, 2.75) is 20.8 Å². The summed E-state index contributed by atoms with van der Waals surface area (Å²) in [7, 11) is 0. The van der Waals surface area contributed by atoms with Gasteiger partial charge in [-0.15, -0.1) is 0 Å². The Balaban J connectivity index is 2.48. The quantitative estimate of drug-likeness (QED) is 0.476. The molecule has 31 heavy (non-hydrogen) atoms. The van der Waals surface area contributed by atoms with E-state index in [0.717, 1.165) is 38.3 Å². The molecule has 154 valence electrons. The van der Waals surface area contributed by atoms with Crippen LogP contribution in [0.25, 0.3) is 11.6 Å². The van der Waals surface area contributed by atoms with Crippen LogP contribution >= 0.6 is 0 Å². The van der Waals surface area contributed by atoms with Crippen molar-refractivity contribution in [3.05, 3.63) is 130 Å². The number of allylic oxidation sites excluding steroid dienone is 10. The highest BCUT2D eigenvalue weighted by atomic mass is 14.5. The molecular weight excluding hydrogens is 376 g/mol. The Hall–Kier alpha value is -3.78. The van der Waals surface area contributed by atoms with Gasteiger partial charge in [0.25, 0.3) is 0 Å². The Labute approximate surface area is 184 Å². The summed E-state index contributed by atoms with van der Waals surface area (Å²) in [6, 6.07) is 18.7. The highest BCUT2D eigenvalue weighted by Crippen LogP contribution is 2.27. The third kappa shape index (κ3) is 5.23. The molecule has 0 heterocycles. The van der Waals surface area contributed by atoms with E-state index >= 15 is 0 Å². The number of rotatable bonds is 5. The first-order valence-corrected chi connectivity index (χ1v) is 10.5. The van der Waals surface area contributed by atoms with E-state index in [1.54, 1.807) is 12.2 Å². The van der Waals surface area contributed by atoms with Crippen molar-refractivity contribution in [2.75, 3.05) is 0 Å². The normalized spacial score (nSPS) is 16.7. The molecule has 2 aromatic rings. The molecule has 0 saturated heterocycles. The van der Waals surface area contributed by atoms with Gasteiger partial charge in [-0.3, -0.25) is 10.8 Å². The number of hydrogen-bond acceptors (Lipinski definition) is 2. The van der Waals surface area contributed by atoms with Gasteiger partial charge in [0.05, 0.1) is 11.4 Å². The summed E-state index contributed by atoms with van der Waals surface area (Å²) in [6.07, 6.45) is 16.0. The molecule has 2 N–H and O–H groups in total. The van der Waals surface area contributed by atoms with Crippen LogP contribution in [0.4, 0.5) is 0 Å². The molecule has 0 aromatic heterocycles. The largest absolute Gasteiger partial charge is 0.299 e. The molecule has 0 bridgehead atoms. The van der Waals surface area contributed by atoms with Gasteiger partial charge in [0.1, 0.15) is 0 Å². The first-order valence-electron chi connectivity index (χ1n) is 10.5. The molecule has 2 nitrogen and oxygen atoms in total. The fourth-order valence-corrected chi connectivity index (χ4v) is 3.65. The second-order valence-electron chi connectivity index (χ2n) is 7.37. The SMILES string of the molecule is C\C=C/C(C)=C(\C=C/C)C(/C1=CC(=N)C(=N)C=C1)=c1/cccc/c1=C\c1ccccc1. The Morgan fingerprint density at radius 2 is 1.45 bits per heavy atom. The van der Waals surface area contributed by atoms with E-state index in [1.807, 2.05) is 50.3 Å². The summed E-state index contributed by atoms with van der Waals surface area (Å²) in [6.45, 7) is 6.15. The number of benzene rings is 2. The van der Waals surface area contributed by atoms with Crippen LogP contribution in [-0.2, 0) is 0 Å². The number of hydrogen-bond donors (Lipinski definition) is 2. The Kier molecular flexibility index (Phi) is 7.29. The van der Waals surface area contributed by atoms with Crippen LogP contribution in [-0.4, -0.2) is 11.4 Å². The van der Waals surface area contributed by atoms with Crippen LogP contribution in [0.1, 0.15) is 26.3 Å². The fraction of sp³-hybridized carbons (Fsp3) is 0.103. The summed E-state index contributed by atoms with van der Waals surface area (Å²) < 4.78 is 0. The fourth-order valence-electron chi connectivity index (χ4n) is 3.65. The summed E-state index contributed by atoms with van der Waals surface area (Å²) in [4.78, 5) is 0. The smallest absolute Gasteiger partial charge is 0.0795 e. The molecule has 0 unspecified atom stereocenters. The van der Waals surface area contributed by atoms with Crippen molar-refractivity contribution < 1.29 is 0 Å². The molecule has 0 fully saturated rings. The Morgan fingerprint density at radius 3 is 2.13 bits per heavy atom. The standard InChI is InChI=1S/C29H28N2/c1-4-11-21(3)25(12-5-2)29(24-17-18-27(30)28(31)20-24)26-16-10-9-15-23(26)19-22-13-7-6-8-14-22/h4-20,30-31H,1-3H3/b11-4-,12-5-,23-19+,25-21+,29-26-,30-27?,31-28?. The molecule has 0 saturated carbocycles. The van der Waals surface area contributed by atoms with Gasteiger partial charge in [0, 0.05) is 0 Å². The third-order valence-electron chi connectivity index (χ3n) is 5.10. The van der Waals surface area contributed by atoms with E-state index in [0.29, 0.717) is 0 Å². The zero-order valence-corrected chi connectivity index (χ0v) is 18.3. The lowest BCUT2D eigenvalue weighted by molar-refractivity contribution is 1.39. The topological polar surface area (TPSA) is 47.7 Å². The average molecular weight is 405 g/mol. The zero-order valence-electron chi connectivity index (χ0n) is 18.3. The van der Waals surface area contributed by atoms with Crippen molar-refractivity contribution in [1.29, 1.82) is 10.8 Å². The van der Waals surface area contributed by atoms with E-state index in [9.17, 15) is 0 Å². The van der Waals surface area contributed by atoms with Crippen molar-refractivity contribution in [2.24, 2.45) is 0 Å². The molecule has 2 heteroatoms. The summed E-state index contributed by atoms with van der Waals surface area (Å²) in [5, 5.41) is 18.4. The van der Waals surface area contributed by atoms with Gasteiger partial charge in [-0.05, 0) is 77.3 Å². The van der Waals surface area contributed by atoms with E-state index < -0.39 is 0 Å². The van der Waals surface area contributed by atoms with Gasteiger partial charge in [0.15, 0.2) is 0 Å². The third-order valence-corrected chi connectivity index (χ3v) is 5.10. The molecule has 1 aliphatic carbocycles. The first-order chi connectivity index (χ1) is 15.0. The van der Waals surface area contributed by atoms with Crippen LogP contribution in [0.15, 0.2) is 114 Å². The van der Waals surface area contributed by atoms with Gasteiger partial charge in [-0.2, -0.15) is 0 Å². The molecule has 1 aliphatic rings. The van der Waals surface area contributed by atoms with E-state index in [2.05, 4.69) is 61.5 Å². The van der Waals surface area contributed by atoms with Crippen LogP contribution in [0.3, 0.4) is 0 Å². The van der Waals surface area contributed by atoms with Gasteiger partial charge in [0.2, 0.25) is 0 Å². The monoisotopic (exact) mass is 404 g/mol. The predicted molar refractivity (Wildman–Crippen MR) is 134 cm³/mol. The number of nitrogens with one attached hydrogen (secondary N) is 2. The molecule has 0 radical (unpaired) electrons. The van der Waals surface area contributed by atoms with Crippen LogP contribution in [0.2, 0.25) is 0 Å². The van der Waals surface area contributed by atoms with Crippen LogP contribution in [0.5, 0.6) is 0 Å². The zero-order chi connectivity index (χ0) is 22.2. The van der Waals surface area contributed by atoms with E-state index in [-0.39, 0.29) is 11.4 Å². The van der Waals surface area contributed by atoms with Crippen molar-refractivity contribution in [3.63, 3.8) is 0 Å². The lowest BCUT2D eigenvalue weighted by atomic mass is 9.87. The average Bonchev–Trinajstić information content (AvgIpc) is 2.77. The summed E-state index contributed by atoms with van der Waals surface area (Å²) >= 11 is 0. The lowest BCUT2D eigenvalue weighted by Crippen LogP contribution is -2.28. The van der Waals surface area contributed by atoms with Crippen molar-refractivity contribution in [3.8, 4) is 0 Å². The van der Waals surface area contributed by atoms with Gasteiger partial charge in [-0.1, -0.05) is 85.0 Å². The molecule has 0 atom stereocenters. The Bertz CT molecular complexity index is 1260. The minimum absolute atomic E-state index is 0.225. The molecule has 0 spiro atoms. The summed E-state index contributed by atoms with van der Waals surface area (Å²) in [5.41, 5.74) is 5.84. The molecule has 2 aromatic carbocycles. The van der Waals surface area contributed by atoms with Crippen LogP contribution < -0.4 is 10.4 Å². The molecule has 0 aliphatic heterocycles. The first kappa shape index (κ1) is 21.9. The second-order valence-corrected chi connectivity index (χ2v) is 7.37. The molecule has 0 amide bonds. The van der Waals surface area contributed by atoms with E-state index in [1.165, 1.54) is 0 Å². The minimum atomic E-state index is 0.225. The predicted octanol–water partition coefficient (Wildman–Crippen LogP) is 5.67. The maximum absolute atomic E-state index is 8.22. The minimum Gasteiger partial charge on any atom is -0.299 e. The van der Waals surface area contributed by atoms with E-state index in [4.69, 9.17) is 10.8 Å². The lowest BCUT2D eigenvalue weighted by Gasteiger charge is -2.17. The molecular formula is C29H28N2. The maximum atomic E-state index is 8.22. The summed E-state index contributed by atoms with van der Waals surface area (Å²) in [5.74, 6) is 0. The maximum Gasteiger partial charge on any atom is 0.0795 e. The second kappa shape index (κ2) is 10.3. The molecule has 3 rings (SSSR count). The van der Waals surface area contributed by atoms with Gasteiger partial charge < -0.3 is 0 Å². The van der Waals surface area contributed by atoms with Gasteiger partial charge in [-0.25, -0.2) is 0 Å². The van der Waals surface area contributed by atoms with Crippen molar-refractivity contribution >= 4 is 23.1 Å². The Morgan fingerprint density at radius 1 is 0.774 bits per heavy atom. The highest BCUT2D eigenvalue weighted by Gasteiger charge is 2.15. The van der Waals surface area contributed by atoms with Gasteiger partial charge >= 0.3 is 0 Å². The highest BCUT2D eigenvalue weighted by molar-refractivity contribution is 6.49.